The normalized spacial score (nSPS) is 19.1. The van der Waals surface area contributed by atoms with Gasteiger partial charge in [-0.15, -0.1) is 104 Å². The van der Waals surface area contributed by atoms with E-state index in [0.29, 0.717) is 0 Å². The van der Waals surface area contributed by atoms with Crippen LogP contribution in [0.25, 0.3) is 0 Å². The zero-order valence-electron chi connectivity index (χ0n) is 11.1. The van der Waals surface area contributed by atoms with Crippen LogP contribution in [0.2, 0.25) is 0 Å². The van der Waals surface area contributed by atoms with Crippen LogP contribution in [-0.4, -0.2) is 50.5 Å². The Morgan fingerprint density at radius 1 is 0.609 bits per heavy atom. The summed E-state index contributed by atoms with van der Waals surface area (Å²) in [5.74, 6) is -0.620. The third-order valence-corrected chi connectivity index (χ3v) is 6.28. The van der Waals surface area contributed by atoms with E-state index in [1.165, 1.54) is 0 Å². The minimum absolute atomic E-state index is 0.207. The van der Waals surface area contributed by atoms with Gasteiger partial charge in [0.2, 0.25) is 0 Å². The van der Waals surface area contributed by atoms with E-state index >= 15 is 0 Å². The first-order chi connectivity index (χ1) is 10.6. The molecule has 0 spiro atoms. The molecule has 0 rings (SSSR count). The molecule has 0 heterocycles. The highest BCUT2D eigenvalue weighted by Crippen LogP contribution is 2.55. The van der Waals surface area contributed by atoms with E-state index in [0.717, 1.165) is 0 Å². The minimum Gasteiger partial charge on any atom is -0.279 e. The molecule has 0 aliphatic carbocycles. The molecular formula is C9H12Cl9O4P. The molecule has 0 N–H and O–H groups in total. The molecule has 0 bridgehead atoms. The monoisotopic (exact) mass is 530 g/mol. The second-order valence-corrected chi connectivity index (χ2v) is 9.79. The van der Waals surface area contributed by atoms with Crippen LogP contribution in [0.4, 0.5) is 0 Å². The Morgan fingerprint density at radius 2 is 0.826 bits per heavy atom. The highest BCUT2D eigenvalue weighted by Gasteiger charge is 2.40. The first-order valence-corrected chi connectivity index (χ1v) is 11.5. The predicted octanol–water partition coefficient (Wildman–Crippen LogP) is 6.38. The highest BCUT2D eigenvalue weighted by molar-refractivity contribution is 7.48. The fraction of sp³-hybridized carbons (Fsp3) is 1.00. The molecular weight excluding hydrogens is 522 g/mol. The molecule has 0 fully saturated rings. The summed E-state index contributed by atoms with van der Waals surface area (Å²) < 4.78 is 28.4. The van der Waals surface area contributed by atoms with Gasteiger partial charge in [-0.25, -0.2) is 4.57 Å². The molecule has 0 amide bonds. The number of hydrogen-bond donors (Lipinski definition) is 0. The number of phosphoric ester groups is 1. The van der Waals surface area contributed by atoms with Crippen LogP contribution in [0.15, 0.2) is 0 Å². The molecule has 0 aromatic carbocycles. The van der Waals surface area contributed by atoms with Gasteiger partial charge in [0.15, 0.2) is 0 Å². The first kappa shape index (κ1) is 25.7. The molecule has 4 nitrogen and oxygen atoms in total. The fourth-order valence-electron chi connectivity index (χ4n) is 0.997. The molecule has 0 radical (unpaired) electrons. The van der Waals surface area contributed by atoms with Crippen LogP contribution in [0.1, 0.15) is 0 Å². The zero-order chi connectivity index (χ0) is 18.2. The number of hydrogen-bond acceptors (Lipinski definition) is 4. The quantitative estimate of drug-likeness (QED) is 0.216. The van der Waals surface area contributed by atoms with Crippen LogP contribution in [0, 0.1) is 0 Å². The van der Waals surface area contributed by atoms with Crippen molar-refractivity contribution in [1.29, 1.82) is 0 Å². The van der Waals surface area contributed by atoms with Gasteiger partial charge in [-0.05, 0) is 0 Å². The zero-order valence-corrected chi connectivity index (χ0v) is 18.8. The molecule has 0 aromatic heterocycles. The molecule has 3 atom stereocenters. The Hall–Kier alpha value is 2.72. The average molecular weight is 534 g/mol. The average Bonchev–Trinajstić information content (AvgIpc) is 2.47. The largest absolute Gasteiger partial charge is 0.475 e. The molecule has 0 saturated heterocycles. The Morgan fingerprint density at radius 3 is 0.957 bits per heavy atom. The second-order valence-electron chi connectivity index (χ2n) is 3.85. The third-order valence-electron chi connectivity index (χ3n) is 2.09. The molecule has 23 heavy (non-hydrogen) atoms. The van der Waals surface area contributed by atoms with E-state index in [1.807, 2.05) is 0 Å². The lowest BCUT2D eigenvalue weighted by molar-refractivity contribution is 0.0543. The van der Waals surface area contributed by atoms with Crippen molar-refractivity contribution in [2.75, 3.05) is 17.6 Å². The van der Waals surface area contributed by atoms with E-state index in [2.05, 4.69) is 0 Å². The van der Waals surface area contributed by atoms with Crippen molar-refractivity contribution in [2.45, 2.75) is 32.8 Å². The van der Waals surface area contributed by atoms with Gasteiger partial charge in [-0.3, -0.25) is 13.6 Å². The summed E-state index contributed by atoms with van der Waals surface area (Å²) in [6, 6.07) is 0. The van der Waals surface area contributed by atoms with Crippen LogP contribution in [0.3, 0.4) is 0 Å². The molecule has 3 unspecified atom stereocenters. The molecule has 14 heteroatoms. The standard InChI is InChI=1S/C9H12Cl9O4P/c10-1-4(7(13)14)20-23(19,21-5(2-11)8(15)16)22-6(3-12)9(17)18/h4-9H,1-3H2. The van der Waals surface area contributed by atoms with Crippen molar-refractivity contribution >= 4 is 112 Å². The first-order valence-electron chi connectivity index (χ1n) is 5.77. The van der Waals surface area contributed by atoms with Crippen LogP contribution >= 0.6 is 112 Å². The van der Waals surface area contributed by atoms with Crippen molar-refractivity contribution in [3.63, 3.8) is 0 Å². The van der Waals surface area contributed by atoms with Gasteiger partial charge in [0.25, 0.3) is 0 Å². The second kappa shape index (κ2) is 13.0. The number of rotatable bonds is 12. The summed E-state index contributed by atoms with van der Waals surface area (Å²) >= 11 is 51.1. The van der Waals surface area contributed by atoms with E-state index in [9.17, 15) is 4.57 Å². The van der Waals surface area contributed by atoms with Crippen molar-refractivity contribution in [2.24, 2.45) is 0 Å². The molecule has 0 aromatic rings. The molecule has 140 valence electrons. The summed E-state index contributed by atoms with van der Waals surface area (Å²) in [7, 11) is -4.36. The van der Waals surface area contributed by atoms with E-state index in [4.69, 9.17) is 118 Å². The number of alkyl halides is 9. The van der Waals surface area contributed by atoms with Crippen molar-refractivity contribution in [3.05, 3.63) is 0 Å². The Kier molecular flexibility index (Phi) is 14.5. The van der Waals surface area contributed by atoms with E-state index in [-0.39, 0.29) is 17.6 Å². The van der Waals surface area contributed by atoms with Crippen LogP contribution in [-0.2, 0) is 18.1 Å². The Labute approximate surface area is 179 Å². The lowest BCUT2D eigenvalue weighted by atomic mass is 10.5. The minimum atomic E-state index is -4.36. The van der Waals surface area contributed by atoms with E-state index in [1.54, 1.807) is 0 Å². The van der Waals surface area contributed by atoms with Crippen molar-refractivity contribution in [1.82, 2.24) is 0 Å². The van der Waals surface area contributed by atoms with Crippen molar-refractivity contribution < 1.29 is 18.1 Å². The maximum atomic E-state index is 12.8. The summed E-state index contributed by atoms with van der Waals surface area (Å²) in [5.41, 5.74) is 0. The summed E-state index contributed by atoms with van der Waals surface area (Å²) in [6.45, 7) is 0. The van der Waals surface area contributed by atoms with Crippen molar-refractivity contribution in [3.8, 4) is 0 Å². The lowest BCUT2D eigenvalue weighted by Gasteiger charge is -2.29. The van der Waals surface area contributed by atoms with Crippen LogP contribution < -0.4 is 0 Å². The van der Waals surface area contributed by atoms with Gasteiger partial charge in [0.1, 0.15) is 32.8 Å². The van der Waals surface area contributed by atoms with Crippen LogP contribution in [0.5, 0.6) is 0 Å². The topological polar surface area (TPSA) is 44.8 Å². The Balaban J connectivity index is 5.36. The third kappa shape index (κ3) is 10.0. The predicted molar refractivity (Wildman–Crippen MR) is 101 cm³/mol. The van der Waals surface area contributed by atoms with E-state index < -0.39 is 40.6 Å². The van der Waals surface area contributed by atoms with Gasteiger partial charge < -0.3 is 0 Å². The number of phosphoric acid groups is 1. The molecule has 0 saturated carbocycles. The maximum Gasteiger partial charge on any atom is 0.475 e. The van der Waals surface area contributed by atoms with Gasteiger partial charge in [-0.1, -0.05) is 0 Å². The van der Waals surface area contributed by atoms with Gasteiger partial charge >= 0.3 is 7.82 Å². The van der Waals surface area contributed by atoms with Gasteiger partial charge in [0, 0.05) is 0 Å². The maximum absolute atomic E-state index is 12.8. The summed E-state index contributed by atoms with van der Waals surface area (Å²) in [4.78, 5) is -3.37. The molecule has 0 aliphatic rings. The van der Waals surface area contributed by atoms with Gasteiger partial charge in [-0.2, -0.15) is 0 Å². The molecule has 0 aliphatic heterocycles. The summed E-state index contributed by atoms with van der Waals surface area (Å²) in [5, 5.41) is 0. The smallest absolute Gasteiger partial charge is 0.279 e. The lowest BCUT2D eigenvalue weighted by Crippen LogP contribution is -2.30. The number of halogens is 9. The fourth-order valence-corrected chi connectivity index (χ4v) is 5.54. The SMILES string of the molecule is O=P(OC(CCl)C(Cl)Cl)(OC(CCl)C(Cl)Cl)OC(CCl)C(Cl)Cl. The summed E-state index contributed by atoms with van der Waals surface area (Å²) in [6.07, 6.45) is -3.28. The Bertz CT molecular complexity index is 321. The highest BCUT2D eigenvalue weighted by atomic mass is 35.5. The van der Waals surface area contributed by atoms with Gasteiger partial charge in [0.05, 0.1) is 17.6 Å².